The first-order valence-corrected chi connectivity index (χ1v) is 8.12. The molecule has 2 fully saturated rings. The van der Waals surface area contributed by atoms with E-state index in [2.05, 4.69) is 11.8 Å². The molecule has 1 aromatic rings. The minimum Gasteiger partial charge on any atom is -0.391 e. The first-order valence-electron chi connectivity index (χ1n) is 7.31. The van der Waals surface area contributed by atoms with Crippen molar-refractivity contribution >= 4 is 16.5 Å². The summed E-state index contributed by atoms with van der Waals surface area (Å²) in [6.07, 6.45) is 6.24. The molecule has 1 aromatic heterocycles. The Balaban J connectivity index is 1.85. The van der Waals surface area contributed by atoms with Gasteiger partial charge in [-0.15, -0.1) is 0 Å². The van der Waals surface area contributed by atoms with Crippen molar-refractivity contribution in [2.24, 2.45) is 0 Å². The third kappa shape index (κ3) is 2.51. The Morgan fingerprint density at radius 1 is 1.42 bits per heavy atom. The van der Waals surface area contributed by atoms with E-state index < -0.39 is 0 Å². The maximum absolute atomic E-state index is 9.42. The molecule has 1 N–H and O–H groups in total. The lowest BCUT2D eigenvalue weighted by atomic mass is 9.90. The molecule has 3 rings (SSSR count). The van der Waals surface area contributed by atoms with E-state index in [4.69, 9.17) is 9.72 Å². The summed E-state index contributed by atoms with van der Waals surface area (Å²) in [6, 6.07) is 0.491. The zero-order valence-corrected chi connectivity index (χ0v) is 12.3. The van der Waals surface area contributed by atoms with Gasteiger partial charge in [0.1, 0.15) is 0 Å². The number of aliphatic hydroxyl groups excluding tert-OH is 1. The van der Waals surface area contributed by atoms with E-state index in [-0.39, 0.29) is 6.61 Å². The van der Waals surface area contributed by atoms with Crippen LogP contribution in [0, 0.1) is 0 Å². The van der Waals surface area contributed by atoms with E-state index in [1.807, 2.05) is 0 Å². The lowest BCUT2D eigenvalue weighted by Gasteiger charge is -2.43. The van der Waals surface area contributed by atoms with Crippen LogP contribution in [0.5, 0.6) is 0 Å². The van der Waals surface area contributed by atoms with Gasteiger partial charge >= 0.3 is 0 Å². The molecular weight excluding hydrogens is 260 g/mol. The van der Waals surface area contributed by atoms with E-state index in [0.29, 0.717) is 12.1 Å². The molecule has 2 atom stereocenters. The van der Waals surface area contributed by atoms with Crippen LogP contribution >= 0.6 is 11.3 Å². The quantitative estimate of drug-likeness (QED) is 0.924. The first-order chi connectivity index (χ1) is 9.33. The standard InChI is InChI=1S/C14H22N2O2S/c1-2-10-13(9-17)19-14(15-10)16-7-8-18-12-6-4-3-5-11(12)16/h11-12,17H,2-9H2,1H3. The summed E-state index contributed by atoms with van der Waals surface area (Å²) in [5, 5.41) is 10.5. The summed E-state index contributed by atoms with van der Waals surface area (Å²) in [6.45, 7) is 3.94. The summed E-state index contributed by atoms with van der Waals surface area (Å²) in [5.41, 5.74) is 1.06. The first kappa shape index (κ1) is 13.3. The second-order valence-electron chi connectivity index (χ2n) is 5.33. The van der Waals surface area contributed by atoms with Gasteiger partial charge in [0.2, 0.25) is 0 Å². The van der Waals surface area contributed by atoms with Crippen LogP contribution in [0.25, 0.3) is 0 Å². The SMILES string of the molecule is CCc1nc(N2CCOC3CCCCC32)sc1CO. The number of fused-ring (bicyclic) bond motifs is 1. The Hall–Kier alpha value is -0.650. The van der Waals surface area contributed by atoms with Crippen LogP contribution in [0.2, 0.25) is 0 Å². The number of thiazole rings is 1. The maximum Gasteiger partial charge on any atom is 0.186 e. The van der Waals surface area contributed by atoms with Gasteiger partial charge in [-0.05, 0) is 19.3 Å². The molecule has 2 aliphatic rings. The van der Waals surface area contributed by atoms with Crippen LogP contribution in [0.3, 0.4) is 0 Å². The lowest BCUT2D eigenvalue weighted by Crippen LogP contribution is -2.52. The molecule has 5 heteroatoms. The molecule has 0 amide bonds. The Morgan fingerprint density at radius 2 is 2.26 bits per heavy atom. The Bertz CT molecular complexity index is 412. The van der Waals surface area contributed by atoms with Crippen molar-refractivity contribution in [3.63, 3.8) is 0 Å². The smallest absolute Gasteiger partial charge is 0.186 e. The molecular formula is C14H22N2O2S. The average molecular weight is 282 g/mol. The van der Waals surface area contributed by atoms with Gasteiger partial charge in [-0.1, -0.05) is 31.1 Å². The summed E-state index contributed by atoms with van der Waals surface area (Å²) in [5.74, 6) is 0. The molecule has 2 heterocycles. The van der Waals surface area contributed by atoms with Crippen LogP contribution < -0.4 is 4.90 Å². The molecule has 19 heavy (non-hydrogen) atoms. The zero-order chi connectivity index (χ0) is 13.2. The van der Waals surface area contributed by atoms with Crippen LogP contribution in [-0.4, -0.2) is 35.4 Å². The second kappa shape index (κ2) is 5.77. The Labute approximate surface area is 118 Å². The molecule has 1 saturated heterocycles. The molecule has 4 nitrogen and oxygen atoms in total. The predicted octanol–water partition coefficient (Wildman–Crippen LogP) is 2.35. The predicted molar refractivity (Wildman–Crippen MR) is 76.8 cm³/mol. The fraction of sp³-hybridized carbons (Fsp3) is 0.786. The van der Waals surface area contributed by atoms with Crippen LogP contribution in [0.4, 0.5) is 5.13 Å². The minimum atomic E-state index is 0.110. The fourth-order valence-electron chi connectivity index (χ4n) is 3.23. The average Bonchev–Trinajstić information content (AvgIpc) is 2.89. The Morgan fingerprint density at radius 3 is 3.00 bits per heavy atom. The van der Waals surface area contributed by atoms with E-state index in [1.54, 1.807) is 11.3 Å². The van der Waals surface area contributed by atoms with Crippen molar-refractivity contribution in [2.75, 3.05) is 18.1 Å². The maximum atomic E-state index is 9.42. The zero-order valence-electron chi connectivity index (χ0n) is 11.5. The summed E-state index contributed by atoms with van der Waals surface area (Å²) in [4.78, 5) is 8.19. The van der Waals surface area contributed by atoms with Crippen molar-refractivity contribution in [3.8, 4) is 0 Å². The van der Waals surface area contributed by atoms with E-state index in [1.165, 1.54) is 25.7 Å². The number of rotatable bonds is 3. The molecule has 1 aliphatic heterocycles. The number of hydrogen-bond acceptors (Lipinski definition) is 5. The number of aryl methyl sites for hydroxylation is 1. The molecule has 2 unspecified atom stereocenters. The number of anilines is 1. The molecule has 0 aromatic carbocycles. The molecule has 0 radical (unpaired) electrons. The number of nitrogens with zero attached hydrogens (tertiary/aromatic N) is 2. The van der Waals surface area contributed by atoms with Crippen LogP contribution in [0.15, 0.2) is 0 Å². The van der Waals surface area contributed by atoms with Gasteiger partial charge < -0.3 is 14.7 Å². The number of morpholine rings is 1. The largest absolute Gasteiger partial charge is 0.391 e. The fourth-order valence-corrected chi connectivity index (χ4v) is 4.32. The van der Waals surface area contributed by atoms with E-state index in [0.717, 1.165) is 35.3 Å². The topological polar surface area (TPSA) is 45.6 Å². The summed E-state index contributed by atoms with van der Waals surface area (Å²) < 4.78 is 5.91. The number of aliphatic hydroxyl groups is 1. The van der Waals surface area contributed by atoms with Crippen molar-refractivity contribution in [3.05, 3.63) is 10.6 Å². The van der Waals surface area contributed by atoms with E-state index in [9.17, 15) is 5.11 Å². The monoisotopic (exact) mass is 282 g/mol. The van der Waals surface area contributed by atoms with Gasteiger partial charge in [0.05, 0.1) is 35.9 Å². The Kier molecular flexibility index (Phi) is 4.05. The molecule has 0 spiro atoms. The van der Waals surface area contributed by atoms with E-state index >= 15 is 0 Å². The molecule has 1 aliphatic carbocycles. The van der Waals surface area contributed by atoms with Gasteiger partial charge in [-0.2, -0.15) is 0 Å². The van der Waals surface area contributed by atoms with Crippen LogP contribution in [0.1, 0.15) is 43.2 Å². The number of aromatic nitrogens is 1. The van der Waals surface area contributed by atoms with Crippen molar-refractivity contribution in [1.29, 1.82) is 0 Å². The van der Waals surface area contributed by atoms with Gasteiger partial charge in [0, 0.05) is 6.54 Å². The highest BCUT2D eigenvalue weighted by Gasteiger charge is 2.35. The van der Waals surface area contributed by atoms with Crippen molar-refractivity contribution < 1.29 is 9.84 Å². The van der Waals surface area contributed by atoms with Crippen molar-refractivity contribution in [2.45, 2.75) is 57.8 Å². The van der Waals surface area contributed by atoms with Crippen molar-refractivity contribution in [1.82, 2.24) is 4.98 Å². The third-order valence-electron chi connectivity index (χ3n) is 4.22. The number of hydrogen-bond donors (Lipinski definition) is 1. The lowest BCUT2D eigenvalue weighted by molar-refractivity contribution is -0.00869. The minimum absolute atomic E-state index is 0.110. The molecule has 106 valence electrons. The highest BCUT2D eigenvalue weighted by Crippen LogP contribution is 2.35. The molecule has 0 bridgehead atoms. The summed E-state index contributed by atoms with van der Waals surface area (Å²) >= 11 is 1.66. The summed E-state index contributed by atoms with van der Waals surface area (Å²) in [7, 11) is 0. The molecule has 1 saturated carbocycles. The highest BCUT2D eigenvalue weighted by atomic mass is 32.1. The second-order valence-corrected chi connectivity index (χ2v) is 6.39. The highest BCUT2D eigenvalue weighted by molar-refractivity contribution is 7.15. The van der Waals surface area contributed by atoms with Gasteiger partial charge in [0.15, 0.2) is 5.13 Å². The van der Waals surface area contributed by atoms with Gasteiger partial charge in [0.25, 0.3) is 0 Å². The van der Waals surface area contributed by atoms with Crippen LogP contribution in [-0.2, 0) is 17.8 Å². The normalized spacial score (nSPS) is 27.4. The third-order valence-corrected chi connectivity index (χ3v) is 5.34. The number of ether oxygens (including phenoxy) is 1. The van der Waals surface area contributed by atoms with Gasteiger partial charge in [-0.25, -0.2) is 4.98 Å². The van der Waals surface area contributed by atoms with Gasteiger partial charge in [-0.3, -0.25) is 0 Å².